The van der Waals surface area contributed by atoms with Gasteiger partial charge in [-0.05, 0) is 12.1 Å². The van der Waals surface area contributed by atoms with Gasteiger partial charge >= 0.3 is 12.6 Å². The van der Waals surface area contributed by atoms with Crippen molar-refractivity contribution in [1.29, 1.82) is 0 Å². The Bertz CT molecular complexity index is 935. The maximum atomic E-state index is 12.6. The highest BCUT2D eigenvalue weighted by molar-refractivity contribution is 6.39. The van der Waals surface area contributed by atoms with Crippen molar-refractivity contribution in [3.8, 4) is 17.1 Å². The summed E-state index contributed by atoms with van der Waals surface area (Å²) in [6.45, 7) is 0.382. The highest BCUT2D eigenvalue weighted by atomic mass is 35.5. The number of benzene rings is 1. The first kappa shape index (κ1) is 22.9. The molecular weight excluding hydrogens is 455 g/mol. The van der Waals surface area contributed by atoms with E-state index in [0.29, 0.717) is 0 Å². The van der Waals surface area contributed by atoms with Gasteiger partial charge in [0, 0.05) is 12.6 Å². The van der Waals surface area contributed by atoms with Gasteiger partial charge in [0.2, 0.25) is 5.88 Å². The van der Waals surface area contributed by atoms with Crippen LogP contribution in [0.2, 0.25) is 15.1 Å². The number of nitrogens with zero attached hydrogens (tertiary/aromatic N) is 3. The molecule has 29 heavy (non-hydrogen) atoms. The van der Waals surface area contributed by atoms with Crippen LogP contribution in [0.3, 0.4) is 0 Å². The maximum absolute atomic E-state index is 12.6. The zero-order valence-electron chi connectivity index (χ0n) is 14.9. The Balaban J connectivity index is 2.29. The lowest BCUT2D eigenvalue weighted by Gasteiger charge is -2.08. The molecule has 0 aliphatic carbocycles. The summed E-state index contributed by atoms with van der Waals surface area (Å²) in [6, 6.07) is 2.58. The Morgan fingerprint density at radius 1 is 1.31 bits per heavy atom. The van der Waals surface area contributed by atoms with Crippen molar-refractivity contribution in [2.75, 3.05) is 13.2 Å². The van der Waals surface area contributed by atoms with E-state index >= 15 is 0 Å². The van der Waals surface area contributed by atoms with Gasteiger partial charge in [-0.15, -0.1) is 0 Å². The molecular formula is C17H14Cl3F2N3O4. The van der Waals surface area contributed by atoms with Gasteiger partial charge in [-0.25, -0.2) is 9.48 Å². The number of aryl methyl sites for hydroxylation is 1. The van der Waals surface area contributed by atoms with Crippen molar-refractivity contribution in [3.63, 3.8) is 0 Å². The summed E-state index contributed by atoms with van der Waals surface area (Å²) in [7, 11) is 1.36. The quantitative estimate of drug-likeness (QED) is 0.170. The second-order valence-corrected chi connectivity index (χ2v) is 6.45. The van der Waals surface area contributed by atoms with Crippen LogP contribution in [0.4, 0.5) is 8.78 Å². The SMILES string of the molecule is C=CCO/N=C\COC(=O)c1cc(-c2nn(C)c(OC(F)F)c2Cl)c(Cl)cc1Cl. The van der Waals surface area contributed by atoms with Crippen LogP contribution in [-0.2, 0) is 16.6 Å². The third kappa shape index (κ3) is 5.81. The second-order valence-electron chi connectivity index (χ2n) is 5.25. The van der Waals surface area contributed by atoms with Gasteiger partial charge in [-0.3, -0.25) is 0 Å². The normalized spacial score (nSPS) is 11.1. The van der Waals surface area contributed by atoms with Crippen molar-refractivity contribution in [3.05, 3.63) is 45.4 Å². The number of oxime groups is 1. The third-order valence-electron chi connectivity index (χ3n) is 3.30. The summed E-state index contributed by atoms with van der Waals surface area (Å²) in [5, 5.41) is 7.47. The molecule has 156 valence electrons. The van der Waals surface area contributed by atoms with Crippen LogP contribution in [0, 0.1) is 0 Å². The van der Waals surface area contributed by atoms with Gasteiger partial charge in [0.1, 0.15) is 23.9 Å². The van der Waals surface area contributed by atoms with E-state index in [4.69, 9.17) is 44.4 Å². The molecule has 0 unspecified atom stereocenters. The first-order valence-electron chi connectivity index (χ1n) is 7.84. The van der Waals surface area contributed by atoms with Gasteiger partial charge in [0.15, 0.2) is 0 Å². The summed E-state index contributed by atoms with van der Waals surface area (Å²) in [5.74, 6) is -1.14. The van der Waals surface area contributed by atoms with Crippen LogP contribution in [0.25, 0.3) is 11.3 Å². The lowest BCUT2D eigenvalue weighted by Crippen LogP contribution is -2.08. The monoisotopic (exact) mass is 467 g/mol. The molecule has 0 saturated heterocycles. The van der Waals surface area contributed by atoms with Crippen molar-refractivity contribution in [2.45, 2.75) is 6.61 Å². The average molecular weight is 469 g/mol. The maximum Gasteiger partial charge on any atom is 0.388 e. The van der Waals surface area contributed by atoms with E-state index in [9.17, 15) is 13.6 Å². The van der Waals surface area contributed by atoms with Crippen molar-refractivity contribution in [2.24, 2.45) is 12.2 Å². The molecule has 0 amide bonds. The van der Waals surface area contributed by atoms with E-state index < -0.39 is 12.6 Å². The molecule has 0 N–H and O–H groups in total. The molecule has 12 heteroatoms. The Morgan fingerprint density at radius 3 is 2.69 bits per heavy atom. The molecule has 0 atom stereocenters. The molecule has 1 aromatic carbocycles. The number of ether oxygens (including phenoxy) is 2. The van der Waals surface area contributed by atoms with Crippen LogP contribution in [0.15, 0.2) is 29.9 Å². The van der Waals surface area contributed by atoms with Crippen LogP contribution in [-0.4, -0.2) is 41.8 Å². The molecule has 2 rings (SSSR count). The number of hydrogen-bond acceptors (Lipinski definition) is 6. The number of aromatic nitrogens is 2. The molecule has 0 saturated carbocycles. The predicted molar refractivity (Wildman–Crippen MR) is 105 cm³/mol. The van der Waals surface area contributed by atoms with E-state index in [0.717, 1.165) is 4.68 Å². The van der Waals surface area contributed by atoms with E-state index in [1.807, 2.05) is 0 Å². The molecule has 0 bridgehead atoms. The first-order chi connectivity index (χ1) is 13.8. The average Bonchev–Trinajstić information content (AvgIpc) is 2.92. The molecule has 1 heterocycles. The topological polar surface area (TPSA) is 74.9 Å². The summed E-state index contributed by atoms with van der Waals surface area (Å²) < 4.78 is 35.5. The first-order valence-corrected chi connectivity index (χ1v) is 8.98. The number of hydrogen-bond donors (Lipinski definition) is 0. The van der Waals surface area contributed by atoms with Gasteiger partial charge in [-0.1, -0.05) is 52.6 Å². The number of carbonyl (C=O) groups excluding carboxylic acids is 1. The number of esters is 1. The standard InChI is InChI=1S/C17H14Cl3F2N3O4/c1-3-5-28-23-4-6-27-16(26)10-7-9(11(18)8-12(10)19)14-13(20)15(25(2)24-14)29-17(21)22/h3-4,7-8,17H,1,5-6H2,2H3/b23-4-. The van der Waals surface area contributed by atoms with Crippen LogP contribution < -0.4 is 4.74 Å². The van der Waals surface area contributed by atoms with E-state index in [-0.39, 0.29) is 51.0 Å². The van der Waals surface area contributed by atoms with Crippen LogP contribution >= 0.6 is 34.8 Å². The Hall–Kier alpha value is -2.36. The molecule has 1 aromatic heterocycles. The van der Waals surface area contributed by atoms with Crippen LogP contribution in [0.5, 0.6) is 5.88 Å². The highest BCUT2D eigenvalue weighted by Gasteiger charge is 2.24. The predicted octanol–water partition coefficient (Wildman–Crippen LogP) is 4.99. The smallest absolute Gasteiger partial charge is 0.388 e. The van der Waals surface area contributed by atoms with Crippen LogP contribution in [0.1, 0.15) is 10.4 Å². The number of rotatable bonds is 9. The molecule has 2 aromatic rings. The van der Waals surface area contributed by atoms with Crippen molar-refractivity contribution in [1.82, 2.24) is 9.78 Å². The molecule has 0 aliphatic rings. The Kier molecular flexibility index (Phi) is 8.24. The fraction of sp³-hybridized carbons (Fsp3) is 0.235. The fourth-order valence-corrected chi connectivity index (χ4v) is 2.98. The molecule has 0 aliphatic heterocycles. The molecule has 7 nitrogen and oxygen atoms in total. The lowest BCUT2D eigenvalue weighted by atomic mass is 10.1. The zero-order chi connectivity index (χ0) is 21.6. The lowest BCUT2D eigenvalue weighted by molar-refractivity contribution is -0.0552. The number of carbonyl (C=O) groups is 1. The van der Waals surface area contributed by atoms with Gasteiger partial charge in [-0.2, -0.15) is 13.9 Å². The van der Waals surface area contributed by atoms with Gasteiger partial charge in [0.05, 0.1) is 21.8 Å². The minimum absolute atomic E-state index is 0.0136. The van der Waals surface area contributed by atoms with Crippen molar-refractivity contribution >= 4 is 47.0 Å². The minimum Gasteiger partial charge on any atom is -0.456 e. The van der Waals surface area contributed by atoms with Gasteiger partial charge in [0.25, 0.3) is 0 Å². The highest BCUT2D eigenvalue weighted by Crippen LogP contribution is 2.40. The van der Waals surface area contributed by atoms with E-state index in [2.05, 4.69) is 21.6 Å². The van der Waals surface area contributed by atoms with Crippen molar-refractivity contribution < 1.29 is 27.9 Å². The van der Waals surface area contributed by atoms with E-state index in [1.54, 1.807) is 0 Å². The fourth-order valence-electron chi connectivity index (χ4n) is 2.12. The van der Waals surface area contributed by atoms with Gasteiger partial charge < -0.3 is 14.3 Å². The summed E-state index contributed by atoms with van der Waals surface area (Å²) >= 11 is 18.4. The molecule has 0 fully saturated rings. The zero-order valence-corrected chi connectivity index (χ0v) is 17.1. The Labute approximate surface area is 179 Å². The molecule has 0 spiro atoms. The summed E-state index contributed by atoms with van der Waals surface area (Å²) in [5.41, 5.74) is 0.167. The summed E-state index contributed by atoms with van der Waals surface area (Å²) in [6.07, 6.45) is 2.73. The largest absolute Gasteiger partial charge is 0.456 e. The summed E-state index contributed by atoms with van der Waals surface area (Å²) in [4.78, 5) is 17.1. The number of halogens is 5. The number of alkyl halides is 2. The molecule has 0 radical (unpaired) electrons. The van der Waals surface area contributed by atoms with E-state index in [1.165, 1.54) is 31.5 Å². The minimum atomic E-state index is -3.10. The second kappa shape index (κ2) is 10.4. The Morgan fingerprint density at radius 2 is 2.03 bits per heavy atom. The third-order valence-corrected chi connectivity index (χ3v) is 4.27.